The molecule has 2 aromatic rings. The topological polar surface area (TPSA) is 68.9 Å². The molecule has 0 fully saturated rings. The lowest BCUT2D eigenvalue weighted by molar-refractivity contribution is -0.144. The molecule has 0 bridgehead atoms. The van der Waals surface area contributed by atoms with Crippen molar-refractivity contribution in [3.8, 4) is 11.1 Å². The van der Waals surface area contributed by atoms with Crippen LogP contribution in [0.15, 0.2) is 30.6 Å². The Labute approximate surface area is 118 Å². The molecule has 2 rings (SSSR count). The van der Waals surface area contributed by atoms with Gasteiger partial charge in [-0.15, -0.1) is 0 Å². The first-order valence-electron chi connectivity index (χ1n) is 6.16. The molecule has 0 aliphatic rings. The van der Waals surface area contributed by atoms with Gasteiger partial charge in [0.25, 0.3) is 0 Å². The minimum Gasteiger partial charge on any atom is -0.366 e. The molecule has 0 unspecified atom stereocenters. The lowest BCUT2D eigenvalue weighted by atomic mass is 9.95. The number of primary amides is 1. The molecule has 2 N–H and O–H groups in total. The molecule has 0 saturated heterocycles. The standard InChI is InChI=1S/C14H12F3N3O/c1-2-9-10(4-3-5-11(9)12(18)21)8-6-19-13(20-7-8)14(15,16)17/h3-7H,2H2,1H3,(H2,18,21). The molecular formula is C14H12F3N3O. The zero-order chi connectivity index (χ0) is 15.6. The van der Waals surface area contributed by atoms with Gasteiger partial charge < -0.3 is 5.73 Å². The Hall–Kier alpha value is -2.44. The van der Waals surface area contributed by atoms with Crippen molar-refractivity contribution in [1.82, 2.24) is 9.97 Å². The average molecular weight is 295 g/mol. The molecule has 21 heavy (non-hydrogen) atoms. The van der Waals surface area contributed by atoms with Crippen LogP contribution < -0.4 is 5.73 Å². The second kappa shape index (κ2) is 5.51. The van der Waals surface area contributed by atoms with Crippen LogP contribution in [0.5, 0.6) is 0 Å². The number of carbonyl (C=O) groups is 1. The number of carbonyl (C=O) groups excluding carboxylic acids is 1. The fraction of sp³-hybridized carbons (Fsp3) is 0.214. The molecule has 0 aliphatic carbocycles. The summed E-state index contributed by atoms with van der Waals surface area (Å²) >= 11 is 0. The zero-order valence-electron chi connectivity index (χ0n) is 11.1. The van der Waals surface area contributed by atoms with Gasteiger partial charge in [-0.05, 0) is 23.6 Å². The second-order valence-electron chi connectivity index (χ2n) is 4.34. The van der Waals surface area contributed by atoms with Crippen LogP contribution in [0.25, 0.3) is 11.1 Å². The Morgan fingerprint density at radius 2 is 1.86 bits per heavy atom. The van der Waals surface area contributed by atoms with Gasteiger partial charge in [0.15, 0.2) is 0 Å². The molecule has 0 atom stereocenters. The number of halogens is 3. The summed E-state index contributed by atoms with van der Waals surface area (Å²) < 4.78 is 37.4. The Kier molecular flexibility index (Phi) is 3.93. The molecule has 0 radical (unpaired) electrons. The monoisotopic (exact) mass is 295 g/mol. The number of hydrogen-bond acceptors (Lipinski definition) is 3. The van der Waals surface area contributed by atoms with E-state index in [4.69, 9.17) is 5.73 Å². The SMILES string of the molecule is CCc1c(C(N)=O)cccc1-c1cnc(C(F)(F)F)nc1. The number of rotatable bonds is 3. The highest BCUT2D eigenvalue weighted by atomic mass is 19.4. The maximum absolute atomic E-state index is 12.5. The van der Waals surface area contributed by atoms with Crippen molar-refractivity contribution < 1.29 is 18.0 Å². The molecule has 1 aromatic heterocycles. The molecule has 7 heteroatoms. The van der Waals surface area contributed by atoms with Gasteiger partial charge in [-0.3, -0.25) is 4.79 Å². The summed E-state index contributed by atoms with van der Waals surface area (Å²) in [7, 11) is 0. The predicted octanol–water partition coefficient (Wildman–Crippen LogP) is 2.82. The van der Waals surface area contributed by atoms with E-state index in [9.17, 15) is 18.0 Å². The van der Waals surface area contributed by atoms with Crippen molar-refractivity contribution in [3.05, 3.63) is 47.5 Å². The van der Waals surface area contributed by atoms with Crippen LogP contribution in [0, 0.1) is 0 Å². The van der Waals surface area contributed by atoms with Crippen molar-refractivity contribution in [2.45, 2.75) is 19.5 Å². The molecule has 1 aromatic carbocycles. The highest BCUT2D eigenvalue weighted by Crippen LogP contribution is 2.29. The van der Waals surface area contributed by atoms with Gasteiger partial charge >= 0.3 is 6.18 Å². The number of nitrogens with zero attached hydrogens (tertiary/aromatic N) is 2. The summed E-state index contributed by atoms with van der Waals surface area (Å²) in [6.45, 7) is 1.83. The van der Waals surface area contributed by atoms with E-state index < -0.39 is 17.9 Å². The summed E-state index contributed by atoms with van der Waals surface area (Å²) in [4.78, 5) is 18.0. The first-order chi connectivity index (χ1) is 9.84. The van der Waals surface area contributed by atoms with Gasteiger partial charge in [0.1, 0.15) is 0 Å². The quantitative estimate of drug-likeness (QED) is 0.946. The van der Waals surface area contributed by atoms with Gasteiger partial charge in [0, 0.05) is 23.5 Å². The van der Waals surface area contributed by atoms with E-state index in [1.165, 1.54) is 0 Å². The van der Waals surface area contributed by atoms with Crippen molar-refractivity contribution in [1.29, 1.82) is 0 Å². The van der Waals surface area contributed by atoms with Gasteiger partial charge in [-0.2, -0.15) is 13.2 Å². The van der Waals surface area contributed by atoms with Crippen LogP contribution in [0.2, 0.25) is 0 Å². The Balaban J connectivity index is 2.52. The van der Waals surface area contributed by atoms with E-state index in [-0.39, 0.29) is 0 Å². The first kappa shape index (κ1) is 15.0. The molecule has 0 saturated carbocycles. The third kappa shape index (κ3) is 3.01. The summed E-state index contributed by atoms with van der Waals surface area (Å²) in [6, 6.07) is 4.89. The molecule has 0 spiro atoms. The van der Waals surface area contributed by atoms with E-state index in [0.717, 1.165) is 12.4 Å². The second-order valence-corrected chi connectivity index (χ2v) is 4.34. The fourth-order valence-corrected chi connectivity index (χ4v) is 2.08. The lowest BCUT2D eigenvalue weighted by Gasteiger charge is -2.12. The smallest absolute Gasteiger partial charge is 0.366 e. The highest BCUT2D eigenvalue weighted by molar-refractivity contribution is 5.96. The minimum absolute atomic E-state index is 0.342. The van der Waals surface area contributed by atoms with E-state index in [2.05, 4.69) is 9.97 Å². The van der Waals surface area contributed by atoms with E-state index in [0.29, 0.717) is 28.7 Å². The van der Waals surface area contributed by atoms with Crippen LogP contribution in [0.4, 0.5) is 13.2 Å². The normalized spacial score (nSPS) is 11.4. The van der Waals surface area contributed by atoms with Crippen molar-refractivity contribution in [3.63, 3.8) is 0 Å². The maximum Gasteiger partial charge on any atom is 0.451 e. The van der Waals surface area contributed by atoms with Crippen LogP contribution in [0.3, 0.4) is 0 Å². The minimum atomic E-state index is -4.58. The largest absolute Gasteiger partial charge is 0.451 e. The van der Waals surface area contributed by atoms with E-state index in [1.807, 2.05) is 6.92 Å². The molecule has 4 nitrogen and oxygen atoms in total. The lowest BCUT2D eigenvalue weighted by Crippen LogP contribution is -2.14. The summed E-state index contributed by atoms with van der Waals surface area (Å²) in [5, 5.41) is 0. The average Bonchev–Trinajstić information content (AvgIpc) is 2.45. The number of benzene rings is 1. The van der Waals surface area contributed by atoms with E-state index >= 15 is 0 Å². The zero-order valence-corrected chi connectivity index (χ0v) is 11.1. The number of aromatic nitrogens is 2. The van der Waals surface area contributed by atoms with Gasteiger partial charge in [0.2, 0.25) is 11.7 Å². The van der Waals surface area contributed by atoms with Crippen molar-refractivity contribution in [2.75, 3.05) is 0 Å². The third-order valence-electron chi connectivity index (χ3n) is 3.01. The number of nitrogens with two attached hydrogens (primary N) is 1. The summed E-state index contributed by atoms with van der Waals surface area (Å²) in [5.74, 6) is -1.78. The van der Waals surface area contributed by atoms with Gasteiger partial charge in [0.05, 0.1) is 0 Å². The first-order valence-corrected chi connectivity index (χ1v) is 6.16. The maximum atomic E-state index is 12.5. The van der Waals surface area contributed by atoms with Gasteiger partial charge in [-0.1, -0.05) is 19.1 Å². The fourth-order valence-electron chi connectivity index (χ4n) is 2.08. The number of amides is 1. The Morgan fingerprint density at radius 3 is 2.33 bits per heavy atom. The van der Waals surface area contributed by atoms with Crippen LogP contribution in [-0.4, -0.2) is 15.9 Å². The molecule has 1 amide bonds. The predicted molar refractivity (Wildman–Crippen MR) is 70.4 cm³/mol. The Bertz CT molecular complexity index is 666. The van der Waals surface area contributed by atoms with E-state index in [1.54, 1.807) is 18.2 Å². The molecule has 1 heterocycles. The third-order valence-corrected chi connectivity index (χ3v) is 3.01. The van der Waals surface area contributed by atoms with Crippen LogP contribution in [-0.2, 0) is 12.6 Å². The van der Waals surface area contributed by atoms with Crippen LogP contribution >= 0.6 is 0 Å². The van der Waals surface area contributed by atoms with Crippen LogP contribution in [0.1, 0.15) is 28.7 Å². The summed E-state index contributed by atoms with van der Waals surface area (Å²) in [6.07, 6.45) is -1.89. The molecule has 110 valence electrons. The molecular weight excluding hydrogens is 283 g/mol. The highest BCUT2D eigenvalue weighted by Gasteiger charge is 2.34. The molecule has 0 aliphatic heterocycles. The summed E-state index contributed by atoms with van der Waals surface area (Å²) in [5.41, 5.74) is 7.31. The van der Waals surface area contributed by atoms with Gasteiger partial charge in [-0.25, -0.2) is 9.97 Å². The number of alkyl halides is 3. The number of hydrogen-bond donors (Lipinski definition) is 1. The Morgan fingerprint density at radius 1 is 1.24 bits per heavy atom. The van der Waals surface area contributed by atoms with Crippen molar-refractivity contribution in [2.24, 2.45) is 5.73 Å². The van der Waals surface area contributed by atoms with Crippen molar-refractivity contribution >= 4 is 5.91 Å².